The highest BCUT2D eigenvalue weighted by molar-refractivity contribution is 5.76. The van der Waals surface area contributed by atoms with Crippen LogP contribution >= 0.6 is 0 Å². The van der Waals surface area contributed by atoms with Gasteiger partial charge in [-0.3, -0.25) is 4.79 Å². The number of ether oxygens (including phenoxy) is 1. The zero-order chi connectivity index (χ0) is 12.8. The summed E-state index contributed by atoms with van der Waals surface area (Å²) in [5.41, 5.74) is 0. The second kappa shape index (κ2) is 7.10. The normalized spacial score (nSPS) is 33.1. The van der Waals surface area contributed by atoms with Gasteiger partial charge in [-0.15, -0.1) is 0 Å². The minimum absolute atomic E-state index is 0.0691. The molecule has 4 heteroatoms. The Balaban J connectivity index is 1.64. The minimum Gasteiger partial charge on any atom is -0.393 e. The van der Waals surface area contributed by atoms with E-state index in [4.69, 9.17) is 4.74 Å². The Morgan fingerprint density at radius 1 is 1.17 bits per heavy atom. The predicted octanol–water partition coefficient (Wildman–Crippen LogP) is 1.61. The summed E-state index contributed by atoms with van der Waals surface area (Å²) in [6.45, 7) is 1.41. The van der Waals surface area contributed by atoms with Crippen LogP contribution in [-0.4, -0.2) is 36.4 Å². The number of hydrogen-bond acceptors (Lipinski definition) is 3. The third kappa shape index (κ3) is 4.25. The SMILES string of the molecule is O=C(CC1CCCCO1)NCC1CCCCC1O. The van der Waals surface area contributed by atoms with Crippen molar-refractivity contribution in [1.82, 2.24) is 5.32 Å². The van der Waals surface area contributed by atoms with Crippen molar-refractivity contribution in [2.24, 2.45) is 5.92 Å². The van der Waals surface area contributed by atoms with Crippen LogP contribution < -0.4 is 5.32 Å². The average Bonchev–Trinajstić information content (AvgIpc) is 2.39. The van der Waals surface area contributed by atoms with E-state index in [-0.39, 0.29) is 24.0 Å². The molecule has 2 aliphatic rings. The smallest absolute Gasteiger partial charge is 0.222 e. The fraction of sp³-hybridized carbons (Fsp3) is 0.929. The molecule has 104 valence electrons. The van der Waals surface area contributed by atoms with Crippen molar-refractivity contribution in [2.75, 3.05) is 13.2 Å². The van der Waals surface area contributed by atoms with E-state index in [1.807, 2.05) is 0 Å². The number of carbonyl (C=O) groups is 1. The fourth-order valence-electron chi connectivity index (χ4n) is 2.92. The first-order valence-electron chi connectivity index (χ1n) is 7.32. The monoisotopic (exact) mass is 255 g/mol. The molecule has 2 fully saturated rings. The van der Waals surface area contributed by atoms with E-state index in [1.165, 1.54) is 12.8 Å². The molecule has 0 bridgehead atoms. The quantitative estimate of drug-likeness (QED) is 0.802. The molecule has 0 aromatic carbocycles. The highest BCUT2D eigenvalue weighted by Crippen LogP contribution is 2.23. The molecular weight excluding hydrogens is 230 g/mol. The Hall–Kier alpha value is -0.610. The number of rotatable bonds is 4. The van der Waals surface area contributed by atoms with Crippen LogP contribution in [0.3, 0.4) is 0 Å². The molecule has 2 rings (SSSR count). The maximum Gasteiger partial charge on any atom is 0.222 e. The van der Waals surface area contributed by atoms with Gasteiger partial charge in [0.2, 0.25) is 5.91 Å². The number of aliphatic hydroxyl groups is 1. The topological polar surface area (TPSA) is 58.6 Å². The van der Waals surface area contributed by atoms with Crippen LogP contribution in [0.15, 0.2) is 0 Å². The Morgan fingerprint density at radius 2 is 1.94 bits per heavy atom. The molecular formula is C14H25NO3. The van der Waals surface area contributed by atoms with Gasteiger partial charge in [0.1, 0.15) is 0 Å². The number of amides is 1. The summed E-state index contributed by atoms with van der Waals surface area (Å²) in [6, 6.07) is 0. The largest absolute Gasteiger partial charge is 0.393 e. The average molecular weight is 255 g/mol. The molecule has 4 nitrogen and oxygen atoms in total. The number of aliphatic hydroxyl groups excluding tert-OH is 1. The molecule has 2 N–H and O–H groups in total. The number of nitrogens with one attached hydrogen (secondary N) is 1. The van der Waals surface area contributed by atoms with Crippen molar-refractivity contribution >= 4 is 5.91 Å². The van der Waals surface area contributed by atoms with Crippen molar-refractivity contribution in [2.45, 2.75) is 63.6 Å². The van der Waals surface area contributed by atoms with Gasteiger partial charge in [0.25, 0.3) is 0 Å². The number of hydrogen-bond donors (Lipinski definition) is 2. The summed E-state index contributed by atoms with van der Waals surface area (Å²) < 4.78 is 5.55. The van der Waals surface area contributed by atoms with Gasteiger partial charge in [-0.25, -0.2) is 0 Å². The van der Waals surface area contributed by atoms with Gasteiger partial charge < -0.3 is 15.2 Å². The van der Waals surface area contributed by atoms with Crippen LogP contribution in [0.25, 0.3) is 0 Å². The molecule has 0 aromatic heterocycles. The Labute approximate surface area is 109 Å². The standard InChI is InChI=1S/C14H25NO3/c16-13-7-2-1-5-11(13)10-15-14(17)9-12-6-3-4-8-18-12/h11-13,16H,1-10H2,(H,15,17). The zero-order valence-electron chi connectivity index (χ0n) is 11.1. The lowest BCUT2D eigenvalue weighted by molar-refractivity contribution is -0.125. The van der Waals surface area contributed by atoms with Gasteiger partial charge in [0.15, 0.2) is 0 Å². The summed E-state index contributed by atoms with van der Waals surface area (Å²) in [7, 11) is 0. The second-order valence-corrected chi connectivity index (χ2v) is 5.61. The van der Waals surface area contributed by atoms with Gasteiger partial charge >= 0.3 is 0 Å². The lowest BCUT2D eigenvalue weighted by atomic mass is 9.86. The minimum atomic E-state index is -0.231. The van der Waals surface area contributed by atoms with E-state index in [0.717, 1.165) is 38.7 Å². The van der Waals surface area contributed by atoms with Crippen molar-refractivity contribution in [3.05, 3.63) is 0 Å². The zero-order valence-corrected chi connectivity index (χ0v) is 11.1. The lowest BCUT2D eigenvalue weighted by Crippen LogP contribution is -2.38. The highest BCUT2D eigenvalue weighted by atomic mass is 16.5. The van der Waals surface area contributed by atoms with E-state index < -0.39 is 0 Å². The van der Waals surface area contributed by atoms with E-state index in [9.17, 15) is 9.90 Å². The van der Waals surface area contributed by atoms with E-state index >= 15 is 0 Å². The maximum atomic E-state index is 11.8. The van der Waals surface area contributed by atoms with Gasteiger partial charge in [-0.2, -0.15) is 0 Å². The van der Waals surface area contributed by atoms with Crippen LogP contribution in [-0.2, 0) is 9.53 Å². The number of carbonyl (C=O) groups excluding carboxylic acids is 1. The molecule has 0 spiro atoms. The summed E-state index contributed by atoms with van der Waals surface area (Å²) in [5.74, 6) is 0.314. The molecule has 0 radical (unpaired) electrons. The van der Waals surface area contributed by atoms with Crippen LogP contribution in [0.4, 0.5) is 0 Å². The summed E-state index contributed by atoms with van der Waals surface area (Å²) in [5, 5.41) is 12.8. The van der Waals surface area contributed by atoms with Crippen molar-refractivity contribution in [1.29, 1.82) is 0 Å². The van der Waals surface area contributed by atoms with E-state index in [2.05, 4.69) is 5.32 Å². The molecule has 3 atom stereocenters. The molecule has 1 aliphatic heterocycles. The summed E-state index contributed by atoms with van der Waals surface area (Å²) in [4.78, 5) is 11.8. The van der Waals surface area contributed by atoms with Crippen molar-refractivity contribution < 1.29 is 14.6 Å². The van der Waals surface area contributed by atoms with Crippen LogP contribution in [0.1, 0.15) is 51.4 Å². The Bertz CT molecular complexity index is 264. The molecule has 3 unspecified atom stereocenters. The van der Waals surface area contributed by atoms with Crippen LogP contribution in [0, 0.1) is 5.92 Å². The molecule has 18 heavy (non-hydrogen) atoms. The van der Waals surface area contributed by atoms with Crippen molar-refractivity contribution in [3.8, 4) is 0 Å². The maximum absolute atomic E-state index is 11.8. The predicted molar refractivity (Wildman–Crippen MR) is 69.2 cm³/mol. The fourth-order valence-corrected chi connectivity index (χ4v) is 2.92. The summed E-state index contributed by atoms with van der Waals surface area (Å²) in [6.07, 6.45) is 7.83. The van der Waals surface area contributed by atoms with Crippen LogP contribution in [0.5, 0.6) is 0 Å². The first-order valence-corrected chi connectivity index (χ1v) is 7.32. The van der Waals surface area contributed by atoms with Gasteiger partial charge in [0.05, 0.1) is 18.6 Å². The third-order valence-corrected chi connectivity index (χ3v) is 4.12. The van der Waals surface area contributed by atoms with Gasteiger partial charge in [0, 0.05) is 19.1 Å². The van der Waals surface area contributed by atoms with E-state index in [1.54, 1.807) is 0 Å². The molecule has 1 saturated carbocycles. The molecule has 1 amide bonds. The van der Waals surface area contributed by atoms with Gasteiger partial charge in [-0.1, -0.05) is 12.8 Å². The van der Waals surface area contributed by atoms with E-state index in [0.29, 0.717) is 13.0 Å². The van der Waals surface area contributed by atoms with Crippen LogP contribution in [0.2, 0.25) is 0 Å². The molecule has 0 aromatic rings. The molecule has 1 heterocycles. The molecule has 1 saturated heterocycles. The Morgan fingerprint density at radius 3 is 2.67 bits per heavy atom. The van der Waals surface area contributed by atoms with Crippen molar-refractivity contribution in [3.63, 3.8) is 0 Å². The highest BCUT2D eigenvalue weighted by Gasteiger charge is 2.24. The first kappa shape index (κ1) is 13.8. The molecule has 1 aliphatic carbocycles. The second-order valence-electron chi connectivity index (χ2n) is 5.61. The summed E-state index contributed by atoms with van der Waals surface area (Å²) >= 11 is 0. The third-order valence-electron chi connectivity index (χ3n) is 4.12. The first-order chi connectivity index (χ1) is 8.75. The Kier molecular flexibility index (Phi) is 5.45. The lowest BCUT2D eigenvalue weighted by Gasteiger charge is -2.28. The van der Waals surface area contributed by atoms with Gasteiger partial charge in [-0.05, 0) is 32.1 Å².